The van der Waals surface area contributed by atoms with Crippen LogP contribution in [0.1, 0.15) is 40.0 Å². The second-order valence-corrected chi connectivity index (χ2v) is 6.65. The van der Waals surface area contributed by atoms with Crippen LogP contribution in [0.25, 0.3) is 0 Å². The van der Waals surface area contributed by atoms with Crippen LogP contribution in [-0.2, 0) is 0 Å². The van der Waals surface area contributed by atoms with Crippen molar-refractivity contribution in [3.63, 3.8) is 0 Å². The molecular formula is C15H30N2O. The lowest BCUT2D eigenvalue weighted by molar-refractivity contribution is 0.0992. The minimum Gasteiger partial charge on any atom is -0.394 e. The quantitative estimate of drug-likeness (QED) is 0.726. The maximum atomic E-state index is 9.86. The van der Waals surface area contributed by atoms with Gasteiger partial charge in [-0.25, -0.2) is 0 Å². The summed E-state index contributed by atoms with van der Waals surface area (Å²) >= 11 is 0. The minimum atomic E-state index is -0.0272. The summed E-state index contributed by atoms with van der Waals surface area (Å²) in [5.41, 5.74) is -0.0272. The summed E-state index contributed by atoms with van der Waals surface area (Å²) in [7, 11) is 0. The van der Waals surface area contributed by atoms with E-state index in [0.717, 1.165) is 24.9 Å². The number of aliphatic hydroxyl groups excluding tert-OH is 1. The molecule has 18 heavy (non-hydrogen) atoms. The Morgan fingerprint density at radius 3 is 2.50 bits per heavy atom. The van der Waals surface area contributed by atoms with Crippen LogP contribution in [0.4, 0.5) is 0 Å². The monoisotopic (exact) mass is 254 g/mol. The Hall–Kier alpha value is -0.120. The van der Waals surface area contributed by atoms with E-state index in [4.69, 9.17) is 0 Å². The number of likely N-dealkylation sites (N-methyl/N-ethyl adjacent to an activating group) is 1. The van der Waals surface area contributed by atoms with E-state index in [2.05, 4.69) is 31.0 Å². The number of nitrogens with one attached hydrogen (secondary N) is 1. The van der Waals surface area contributed by atoms with Gasteiger partial charge in [0.15, 0.2) is 0 Å². The van der Waals surface area contributed by atoms with E-state index in [0.29, 0.717) is 5.92 Å². The molecule has 0 amide bonds. The highest BCUT2D eigenvalue weighted by molar-refractivity contribution is 5.03. The van der Waals surface area contributed by atoms with Gasteiger partial charge in [-0.05, 0) is 50.1 Å². The zero-order chi connectivity index (χ0) is 13.2. The molecule has 0 spiro atoms. The Kier molecular flexibility index (Phi) is 4.68. The third-order valence-electron chi connectivity index (χ3n) is 4.93. The summed E-state index contributed by atoms with van der Waals surface area (Å²) in [6.07, 6.45) is 3.90. The minimum absolute atomic E-state index is 0.0272. The van der Waals surface area contributed by atoms with Gasteiger partial charge in [0.25, 0.3) is 0 Å². The SMILES string of the molecule is CCNC(CO)(CN1CCC(C(C)C)C1)C1CC1. The fourth-order valence-electron chi connectivity index (χ4n) is 3.50. The summed E-state index contributed by atoms with van der Waals surface area (Å²) in [5, 5.41) is 13.5. The standard InChI is InChI=1S/C15H30N2O/c1-4-16-15(11-18,14-5-6-14)10-17-8-7-13(9-17)12(2)3/h12-14,16,18H,4-11H2,1-3H3. The number of likely N-dealkylation sites (tertiary alicyclic amines) is 1. The van der Waals surface area contributed by atoms with Crippen LogP contribution in [0.2, 0.25) is 0 Å². The molecule has 1 saturated carbocycles. The van der Waals surface area contributed by atoms with Crippen LogP contribution < -0.4 is 5.32 Å². The predicted octanol–water partition coefficient (Wildman–Crippen LogP) is 1.71. The van der Waals surface area contributed by atoms with Crippen LogP contribution in [-0.4, -0.2) is 48.3 Å². The summed E-state index contributed by atoms with van der Waals surface area (Å²) in [5.74, 6) is 2.33. The van der Waals surface area contributed by atoms with Crippen molar-refractivity contribution in [3.8, 4) is 0 Å². The molecule has 2 unspecified atom stereocenters. The zero-order valence-electron chi connectivity index (χ0n) is 12.3. The Morgan fingerprint density at radius 1 is 1.33 bits per heavy atom. The van der Waals surface area contributed by atoms with Gasteiger partial charge < -0.3 is 15.3 Å². The lowest BCUT2D eigenvalue weighted by Gasteiger charge is -2.37. The maximum Gasteiger partial charge on any atom is 0.0628 e. The van der Waals surface area contributed by atoms with Gasteiger partial charge in [-0.1, -0.05) is 20.8 Å². The summed E-state index contributed by atoms with van der Waals surface area (Å²) < 4.78 is 0. The van der Waals surface area contributed by atoms with Crippen molar-refractivity contribution in [2.45, 2.75) is 45.6 Å². The third-order valence-corrected chi connectivity index (χ3v) is 4.93. The molecule has 1 saturated heterocycles. The average Bonchev–Trinajstić information content (AvgIpc) is 3.09. The van der Waals surface area contributed by atoms with E-state index in [9.17, 15) is 5.11 Å². The van der Waals surface area contributed by atoms with Crippen LogP contribution in [0, 0.1) is 17.8 Å². The number of aliphatic hydroxyl groups is 1. The van der Waals surface area contributed by atoms with Crippen molar-refractivity contribution in [3.05, 3.63) is 0 Å². The van der Waals surface area contributed by atoms with Crippen LogP contribution in [0.15, 0.2) is 0 Å². The van der Waals surface area contributed by atoms with E-state index >= 15 is 0 Å². The molecule has 1 aliphatic heterocycles. The first-order valence-electron chi connectivity index (χ1n) is 7.69. The van der Waals surface area contributed by atoms with Gasteiger partial charge in [-0.3, -0.25) is 0 Å². The van der Waals surface area contributed by atoms with Crippen molar-refractivity contribution in [1.29, 1.82) is 0 Å². The first-order chi connectivity index (χ1) is 8.61. The smallest absolute Gasteiger partial charge is 0.0628 e. The highest BCUT2D eigenvalue weighted by Crippen LogP contribution is 2.40. The number of hydrogen-bond acceptors (Lipinski definition) is 3. The number of rotatable bonds is 7. The largest absolute Gasteiger partial charge is 0.394 e. The van der Waals surface area contributed by atoms with Crippen LogP contribution in [0.3, 0.4) is 0 Å². The topological polar surface area (TPSA) is 35.5 Å². The summed E-state index contributed by atoms with van der Waals surface area (Å²) in [6.45, 7) is 11.5. The van der Waals surface area contributed by atoms with E-state index < -0.39 is 0 Å². The van der Waals surface area contributed by atoms with Crippen molar-refractivity contribution >= 4 is 0 Å². The van der Waals surface area contributed by atoms with Gasteiger partial charge in [0.2, 0.25) is 0 Å². The van der Waals surface area contributed by atoms with Gasteiger partial charge in [0.1, 0.15) is 0 Å². The molecule has 0 bridgehead atoms. The Morgan fingerprint density at radius 2 is 2.06 bits per heavy atom. The molecule has 2 fully saturated rings. The van der Waals surface area contributed by atoms with E-state index in [-0.39, 0.29) is 12.1 Å². The Balaban J connectivity index is 1.93. The lowest BCUT2D eigenvalue weighted by Crippen LogP contribution is -2.57. The molecule has 0 aromatic rings. The number of hydrogen-bond donors (Lipinski definition) is 2. The van der Waals surface area contributed by atoms with E-state index in [1.54, 1.807) is 0 Å². The van der Waals surface area contributed by atoms with Gasteiger partial charge in [0.05, 0.1) is 12.1 Å². The second-order valence-electron chi connectivity index (χ2n) is 6.65. The normalized spacial score (nSPS) is 28.8. The van der Waals surface area contributed by atoms with Crippen molar-refractivity contribution in [2.24, 2.45) is 17.8 Å². The molecule has 0 radical (unpaired) electrons. The first kappa shape index (κ1) is 14.3. The molecule has 2 atom stereocenters. The first-order valence-corrected chi connectivity index (χ1v) is 7.69. The lowest BCUT2D eigenvalue weighted by atomic mass is 9.92. The van der Waals surface area contributed by atoms with Crippen molar-refractivity contribution < 1.29 is 5.11 Å². The van der Waals surface area contributed by atoms with Gasteiger partial charge >= 0.3 is 0 Å². The zero-order valence-corrected chi connectivity index (χ0v) is 12.3. The van der Waals surface area contributed by atoms with Crippen LogP contribution >= 0.6 is 0 Å². The predicted molar refractivity (Wildman–Crippen MR) is 75.6 cm³/mol. The van der Waals surface area contributed by atoms with E-state index in [1.165, 1.54) is 32.4 Å². The van der Waals surface area contributed by atoms with Crippen molar-refractivity contribution in [1.82, 2.24) is 10.2 Å². The number of nitrogens with zero attached hydrogens (tertiary/aromatic N) is 1. The molecule has 2 rings (SSSR count). The highest BCUT2D eigenvalue weighted by Gasteiger charge is 2.46. The van der Waals surface area contributed by atoms with Crippen LogP contribution in [0.5, 0.6) is 0 Å². The molecular weight excluding hydrogens is 224 g/mol. The molecule has 0 aromatic heterocycles. The fraction of sp³-hybridized carbons (Fsp3) is 1.00. The molecule has 1 aliphatic carbocycles. The molecule has 3 heteroatoms. The Bertz CT molecular complexity index is 265. The summed E-state index contributed by atoms with van der Waals surface area (Å²) in [6, 6.07) is 0. The molecule has 2 aliphatic rings. The molecule has 2 N–H and O–H groups in total. The molecule has 3 nitrogen and oxygen atoms in total. The van der Waals surface area contributed by atoms with Crippen molar-refractivity contribution in [2.75, 3.05) is 32.8 Å². The fourth-order valence-corrected chi connectivity index (χ4v) is 3.50. The second kappa shape index (κ2) is 5.89. The van der Waals surface area contributed by atoms with E-state index in [1.807, 2.05) is 0 Å². The molecule has 0 aromatic carbocycles. The van der Waals surface area contributed by atoms with Gasteiger partial charge in [-0.15, -0.1) is 0 Å². The molecule has 106 valence electrons. The molecule has 1 heterocycles. The average molecular weight is 254 g/mol. The third kappa shape index (κ3) is 3.06. The Labute approximate surface area is 112 Å². The highest BCUT2D eigenvalue weighted by atomic mass is 16.3. The summed E-state index contributed by atoms with van der Waals surface area (Å²) in [4.78, 5) is 2.57. The van der Waals surface area contributed by atoms with Gasteiger partial charge in [0, 0.05) is 13.1 Å². The maximum absolute atomic E-state index is 9.86. The van der Waals surface area contributed by atoms with Gasteiger partial charge in [-0.2, -0.15) is 0 Å².